The summed E-state index contributed by atoms with van der Waals surface area (Å²) in [6, 6.07) is 4.42. The summed E-state index contributed by atoms with van der Waals surface area (Å²) in [5, 5.41) is 11.2. The minimum Gasteiger partial charge on any atom is -0.444 e. The maximum atomic E-state index is 12.1. The van der Waals surface area contributed by atoms with Crippen LogP contribution >= 0.6 is 0 Å². The average Bonchev–Trinajstić information content (AvgIpc) is 2.52. The van der Waals surface area contributed by atoms with Gasteiger partial charge in [0, 0.05) is 37.8 Å². The number of piperazine rings is 1. The summed E-state index contributed by atoms with van der Waals surface area (Å²) < 4.78 is 5.33. The molecule has 0 N–H and O–H groups in total. The highest BCUT2D eigenvalue weighted by Crippen LogP contribution is 2.32. The number of anilines is 1. The van der Waals surface area contributed by atoms with Crippen LogP contribution in [-0.2, 0) is 4.74 Å². The first-order chi connectivity index (χ1) is 11.2. The molecule has 1 saturated heterocycles. The third-order valence-electron chi connectivity index (χ3n) is 3.62. The molecule has 0 atom stereocenters. The van der Waals surface area contributed by atoms with Crippen LogP contribution in [0.3, 0.4) is 0 Å². The Labute approximate surface area is 140 Å². The van der Waals surface area contributed by atoms with Gasteiger partial charge in [0.05, 0.1) is 4.92 Å². The molecule has 1 aromatic carbocycles. The van der Waals surface area contributed by atoms with E-state index in [1.807, 2.05) is 0 Å². The largest absolute Gasteiger partial charge is 0.444 e. The van der Waals surface area contributed by atoms with E-state index in [9.17, 15) is 19.7 Å². The Hall–Kier alpha value is -2.64. The Bertz CT molecular complexity index is 646. The molecular weight excluding hydrogens is 314 g/mol. The number of nitro benzene ring substituents is 1. The van der Waals surface area contributed by atoms with Crippen molar-refractivity contribution in [3.63, 3.8) is 0 Å². The lowest BCUT2D eigenvalue weighted by Crippen LogP contribution is -2.50. The highest BCUT2D eigenvalue weighted by atomic mass is 16.6. The second-order valence-corrected chi connectivity index (χ2v) is 6.54. The maximum absolute atomic E-state index is 12.1. The number of nitro groups is 1. The normalized spacial score (nSPS) is 15.1. The number of hydrogen-bond acceptors (Lipinski definition) is 6. The standard InChI is InChI=1S/C16H21N3O5/c1-16(2,3)24-15(21)18-9-7-17(8-10-18)14-12(11-20)5-4-6-13(14)19(22)23/h4-6,11H,7-10H2,1-3H3. The molecule has 8 heteroatoms. The summed E-state index contributed by atoms with van der Waals surface area (Å²) in [5.41, 5.74) is -0.0986. The summed E-state index contributed by atoms with van der Waals surface area (Å²) >= 11 is 0. The van der Waals surface area contributed by atoms with Crippen LogP contribution in [0.2, 0.25) is 0 Å². The molecule has 24 heavy (non-hydrogen) atoms. The van der Waals surface area contributed by atoms with Gasteiger partial charge in [-0.25, -0.2) is 4.79 Å². The number of carbonyl (C=O) groups excluding carboxylic acids is 2. The summed E-state index contributed by atoms with van der Waals surface area (Å²) in [5.74, 6) is 0. The van der Waals surface area contributed by atoms with E-state index in [4.69, 9.17) is 4.74 Å². The molecule has 2 rings (SSSR count). The van der Waals surface area contributed by atoms with Gasteiger partial charge in [-0.2, -0.15) is 0 Å². The molecule has 1 aliphatic heterocycles. The van der Waals surface area contributed by atoms with Gasteiger partial charge in [-0.1, -0.05) is 6.07 Å². The molecule has 1 heterocycles. The van der Waals surface area contributed by atoms with Gasteiger partial charge in [0.2, 0.25) is 0 Å². The zero-order valence-corrected chi connectivity index (χ0v) is 14.0. The first-order valence-electron chi connectivity index (χ1n) is 7.68. The lowest BCUT2D eigenvalue weighted by Gasteiger charge is -2.36. The molecule has 8 nitrogen and oxygen atoms in total. The molecule has 0 aliphatic carbocycles. The Kier molecular flexibility index (Phi) is 5.06. The molecule has 0 radical (unpaired) electrons. The van der Waals surface area contributed by atoms with Crippen molar-refractivity contribution in [1.82, 2.24) is 4.90 Å². The van der Waals surface area contributed by atoms with E-state index >= 15 is 0 Å². The number of hydrogen-bond donors (Lipinski definition) is 0. The smallest absolute Gasteiger partial charge is 0.410 e. The van der Waals surface area contributed by atoms with Crippen molar-refractivity contribution in [1.29, 1.82) is 0 Å². The molecule has 0 bridgehead atoms. The van der Waals surface area contributed by atoms with Crippen LogP contribution in [0.4, 0.5) is 16.2 Å². The minimum atomic E-state index is -0.572. The summed E-state index contributed by atoms with van der Waals surface area (Å²) in [4.78, 5) is 37.4. The maximum Gasteiger partial charge on any atom is 0.410 e. The van der Waals surface area contributed by atoms with Gasteiger partial charge in [-0.05, 0) is 26.8 Å². The Morgan fingerprint density at radius 1 is 1.25 bits per heavy atom. The third kappa shape index (κ3) is 4.01. The van der Waals surface area contributed by atoms with Gasteiger partial charge in [0.25, 0.3) is 5.69 Å². The number of carbonyl (C=O) groups is 2. The molecule has 0 saturated carbocycles. The van der Waals surface area contributed by atoms with Crippen LogP contribution in [-0.4, -0.2) is 54.0 Å². The summed E-state index contributed by atoms with van der Waals surface area (Å²) in [6.07, 6.45) is 0.211. The predicted molar refractivity (Wildman–Crippen MR) is 88.5 cm³/mol. The number of benzene rings is 1. The summed E-state index contributed by atoms with van der Waals surface area (Å²) in [7, 11) is 0. The van der Waals surface area contributed by atoms with Gasteiger partial charge in [0.1, 0.15) is 11.3 Å². The van der Waals surface area contributed by atoms with Gasteiger partial charge < -0.3 is 14.5 Å². The predicted octanol–water partition coefficient (Wildman–Crippen LogP) is 2.46. The summed E-state index contributed by atoms with van der Waals surface area (Å²) in [6.45, 7) is 6.93. The van der Waals surface area contributed by atoms with Crippen LogP contribution < -0.4 is 4.90 Å². The molecule has 0 aromatic heterocycles. The van der Waals surface area contributed by atoms with E-state index in [1.165, 1.54) is 12.1 Å². The van der Waals surface area contributed by atoms with Crippen molar-refractivity contribution in [3.05, 3.63) is 33.9 Å². The Balaban J connectivity index is 2.14. The van der Waals surface area contributed by atoms with Gasteiger partial charge >= 0.3 is 6.09 Å². The Morgan fingerprint density at radius 2 is 1.88 bits per heavy atom. The number of rotatable bonds is 3. The monoisotopic (exact) mass is 335 g/mol. The fraction of sp³-hybridized carbons (Fsp3) is 0.500. The van der Waals surface area contributed by atoms with Gasteiger partial charge in [-0.3, -0.25) is 14.9 Å². The van der Waals surface area contributed by atoms with E-state index < -0.39 is 16.6 Å². The van der Waals surface area contributed by atoms with Crippen LogP contribution in [0.5, 0.6) is 0 Å². The molecule has 130 valence electrons. The third-order valence-corrected chi connectivity index (χ3v) is 3.62. The highest BCUT2D eigenvalue weighted by molar-refractivity contribution is 5.89. The highest BCUT2D eigenvalue weighted by Gasteiger charge is 2.29. The fourth-order valence-electron chi connectivity index (χ4n) is 2.57. The van der Waals surface area contributed by atoms with Crippen molar-refractivity contribution in [2.75, 3.05) is 31.1 Å². The van der Waals surface area contributed by atoms with Crippen LogP contribution in [0, 0.1) is 10.1 Å². The van der Waals surface area contributed by atoms with Crippen LogP contribution in [0.25, 0.3) is 0 Å². The van der Waals surface area contributed by atoms with Crippen molar-refractivity contribution in [2.45, 2.75) is 26.4 Å². The van der Waals surface area contributed by atoms with E-state index in [1.54, 1.807) is 36.6 Å². The number of para-hydroxylation sites is 1. The second kappa shape index (κ2) is 6.86. The molecule has 1 aliphatic rings. The SMILES string of the molecule is CC(C)(C)OC(=O)N1CCN(c2c(C=O)cccc2[N+](=O)[O-])CC1. The van der Waals surface area contributed by atoms with Crippen molar-refractivity contribution >= 4 is 23.8 Å². The van der Waals surface area contributed by atoms with E-state index in [2.05, 4.69) is 0 Å². The minimum absolute atomic E-state index is 0.106. The van der Waals surface area contributed by atoms with Crippen molar-refractivity contribution in [3.8, 4) is 0 Å². The Morgan fingerprint density at radius 3 is 2.38 bits per heavy atom. The molecule has 0 unspecified atom stereocenters. The second-order valence-electron chi connectivity index (χ2n) is 6.54. The van der Waals surface area contributed by atoms with Gasteiger partial charge in [0.15, 0.2) is 6.29 Å². The zero-order valence-electron chi connectivity index (χ0n) is 14.0. The molecule has 1 amide bonds. The molecule has 1 aromatic rings. The van der Waals surface area contributed by atoms with E-state index in [-0.39, 0.29) is 11.3 Å². The van der Waals surface area contributed by atoms with Crippen molar-refractivity contribution < 1.29 is 19.2 Å². The lowest BCUT2D eigenvalue weighted by atomic mass is 10.1. The van der Waals surface area contributed by atoms with Crippen molar-refractivity contribution in [2.24, 2.45) is 0 Å². The number of ether oxygens (including phenoxy) is 1. The van der Waals surface area contributed by atoms with Crippen LogP contribution in [0.15, 0.2) is 18.2 Å². The first-order valence-corrected chi connectivity index (χ1v) is 7.68. The number of nitrogens with zero attached hydrogens (tertiary/aromatic N) is 3. The number of amides is 1. The molecular formula is C16H21N3O5. The lowest BCUT2D eigenvalue weighted by molar-refractivity contribution is -0.384. The van der Waals surface area contributed by atoms with Crippen LogP contribution in [0.1, 0.15) is 31.1 Å². The first kappa shape index (κ1) is 17.7. The quantitative estimate of drug-likeness (QED) is 0.478. The fourth-order valence-corrected chi connectivity index (χ4v) is 2.57. The van der Waals surface area contributed by atoms with Gasteiger partial charge in [-0.15, -0.1) is 0 Å². The average molecular weight is 335 g/mol. The molecule has 1 fully saturated rings. The van der Waals surface area contributed by atoms with E-state index in [0.717, 1.165) is 0 Å². The molecule has 0 spiro atoms. The zero-order chi connectivity index (χ0) is 17.9. The van der Waals surface area contributed by atoms with E-state index in [0.29, 0.717) is 38.2 Å². The topological polar surface area (TPSA) is 93.0 Å². The number of aldehydes is 1.